The molecule has 1 amide bonds. The van der Waals surface area contributed by atoms with E-state index in [9.17, 15) is 4.79 Å². The van der Waals surface area contributed by atoms with Crippen molar-refractivity contribution in [1.82, 2.24) is 19.4 Å². The smallest absolute Gasteiger partial charge is 0.253 e. The lowest BCUT2D eigenvalue weighted by atomic mass is 10.1. The second-order valence-electron chi connectivity index (χ2n) is 9.09. The molecule has 0 atom stereocenters. The molecule has 0 unspecified atom stereocenters. The number of piperidine rings is 1. The fraction of sp³-hybridized carbons (Fsp3) is 0.286. The number of carbonyl (C=O) groups is 1. The van der Waals surface area contributed by atoms with Gasteiger partial charge in [-0.2, -0.15) is 0 Å². The topological polar surface area (TPSA) is 50.6 Å². The lowest BCUT2D eigenvalue weighted by Crippen LogP contribution is -2.37. The second kappa shape index (κ2) is 9.69. The Balaban J connectivity index is 1.21. The van der Waals surface area contributed by atoms with Crippen LogP contribution in [0.15, 0.2) is 79.1 Å². The first-order chi connectivity index (χ1) is 16.6. The Morgan fingerprint density at radius 3 is 2.53 bits per heavy atom. The summed E-state index contributed by atoms with van der Waals surface area (Å²) in [5.74, 6) is 1.63. The van der Waals surface area contributed by atoms with Gasteiger partial charge in [0.25, 0.3) is 5.91 Å². The number of likely N-dealkylation sites (tertiary alicyclic amines) is 1. The zero-order chi connectivity index (χ0) is 23.5. The highest BCUT2D eigenvalue weighted by atomic mass is 16.5. The molecule has 0 bridgehead atoms. The molecule has 34 heavy (non-hydrogen) atoms. The Morgan fingerprint density at radius 1 is 1.03 bits per heavy atom. The minimum atomic E-state index is 0.000163. The molecule has 0 N–H and O–H groups in total. The predicted octanol–water partition coefficient (Wildman–Crippen LogP) is 4.77. The molecule has 2 aromatic heterocycles. The van der Waals surface area contributed by atoms with Gasteiger partial charge in [0.2, 0.25) is 0 Å². The Hall–Kier alpha value is -3.64. The number of ether oxygens (including phenoxy) is 1. The van der Waals surface area contributed by atoms with Crippen molar-refractivity contribution in [1.29, 1.82) is 0 Å². The molecule has 4 aromatic rings. The number of hydrogen-bond acceptors (Lipinski definition) is 4. The quantitative estimate of drug-likeness (QED) is 0.421. The van der Waals surface area contributed by atoms with Gasteiger partial charge in [0.05, 0.1) is 11.7 Å². The molecule has 0 radical (unpaired) electrons. The van der Waals surface area contributed by atoms with E-state index in [1.807, 2.05) is 47.2 Å². The molecular formula is C28H30N4O2. The highest BCUT2D eigenvalue weighted by Crippen LogP contribution is 2.24. The molecule has 1 fully saturated rings. The summed E-state index contributed by atoms with van der Waals surface area (Å²) in [5, 5.41) is 1.01. The lowest BCUT2D eigenvalue weighted by Gasteiger charge is -2.32. The van der Waals surface area contributed by atoms with Crippen LogP contribution in [-0.2, 0) is 6.54 Å². The van der Waals surface area contributed by atoms with Crippen LogP contribution < -0.4 is 4.74 Å². The van der Waals surface area contributed by atoms with Crippen LogP contribution in [0.1, 0.15) is 28.8 Å². The van der Waals surface area contributed by atoms with Gasteiger partial charge in [0.1, 0.15) is 17.7 Å². The molecule has 5 rings (SSSR count). The number of amides is 1. The summed E-state index contributed by atoms with van der Waals surface area (Å²) in [6.45, 7) is 3.08. The van der Waals surface area contributed by atoms with E-state index in [0.29, 0.717) is 5.56 Å². The maximum atomic E-state index is 12.3. The molecule has 1 aliphatic rings. The van der Waals surface area contributed by atoms with Gasteiger partial charge < -0.3 is 14.2 Å². The average molecular weight is 455 g/mol. The van der Waals surface area contributed by atoms with E-state index < -0.39 is 0 Å². The number of rotatable bonds is 6. The summed E-state index contributed by atoms with van der Waals surface area (Å²) >= 11 is 0. The zero-order valence-electron chi connectivity index (χ0n) is 19.7. The van der Waals surface area contributed by atoms with Crippen molar-refractivity contribution < 1.29 is 9.53 Å². The fourth-order valence-electron chi connectivity index (χ4n) is 4.54. The summed E-state index contributed by atoms with van der Waals surface area (Å²) < 4.78 is 8.27. The summed E-state index contributed by atoms with van der Waals surface area (Å²) in [6.07, 6.45) is 6.05. The Labute approximate surface area is 200 Å². The standard InChI is InChI=1S/C28H30N4O2/c1-30(2)28(33)23-8-10-26-22(18-23)12-17-32(26)27-11-9-25(19-29-27)34-24-13-15-31(16-14-24)20-21-6-4-3-5-7-21/h3-12,17-19,24H,13-16,20H2,1-2H3. The van der Waals surface area contributed by atoms with E-state index in [0.717, 1.165) is 54.9 Å². The van der Waals surface area contributed by atoms with E-state index >= 15 is 0 Å². The van der Waals surface area contributed by atoms with Gasteiger partial charge in [-0.15, -0.1) is 0 Å². The van der Waals surface area contributed by atoms with E-state index in [1.54, 1.807) is 25.2 Å². The molecule has 6 nitrogen and oxygen atoms in total. The Kier molecular flexibility index (Phi) is 6.32. The first-order valence-corrected chi connectivity index (χ1v) is 11.8. The van der Waals surface area contributed by atoms with Crippen molar-refractivity contribution in [3.05, 3.63) is 90.3 Å². The number of carbonyl (C=O) groups excluding carboxylic acids is 1. The van der Waals surface area contributed by atoms with Gasteiger partial charge >= 0.3 is 0 Å². The normalized spacial score (nSPS) is 14.9. The van der Waals surface area contributed by atoms with Crippen LogP contribution in [-0.4, -0.2) is 58.5 Å². The summed E-state index contributed by atoms with van der Waals surface area (Å²) in [6, 6.07) is 22.4. The number of hydrogen-bond donors (Lipinski definition) is 0. The third kappa shape index (κ3) is 4.82. The van der Waals surface area contributed by atoms with Gasteiger partial charge in [-0.25, -0.2) is 4.98 Å². The van der Waals surface area contributed by atoms with Crippen LogP contribution in [0.3, 0.4) is 0 Å². The lowest BCUT2D eigenvalue weighted by molar-refractivity contribution is 0.0827. The highest BCUT2D eigenvalue weighted by molar-refractivity contribution is 5.98. The van der Waals surface area contributed by atoms with Crippen LogP contribution in [0.4, 0.5) is 0 Å². The first kappa shape index (κ1) is 22.2. The zero-order valence-corrected chi connectivity index (χ0v) is 19.7. The van der Waals surface area contributed by atoms with Crippen LogP contribution in [0.5, 0.6) is 5.75 Å². The minimum absolute atomic E-state index is 0.000163. The SMILES string of the molecule is CN(C)C(=O)c1ccc2c(ccn2-c2ccc(OC3CCN(Cc4ccccc4)CC3)cn2)c1. The molecule has 174 valence electrons. The average Bonchev–Trinajstić information content (AvgIpc) is 3.29. The van der Waals surface area contributed by atoms with Gasteiger partial charge in [0.15, 0.2) is 0 Å². The number of nitrogens with zero attached hydrogens (tertiary/aromatic N) is 4. The summed E-state index contributed by atoms with van der Waals surface area (Å²) in [5.41, 5.74) is 3.06. The predicted molar refractivity (Wildman–Crippen MR) is 134 cm³/mol. The minimum Gasteiger partial charge on any atom is -0.489 e. The summed E-state index contributed by atoms with van der Waals surface area (Å²) in [4.78, 5) is 21.0. The van der Waals surface area contributed by atoms with E-state index in [4.69, 9.17) is 4.74 Å². The van der Waals surface area contributed by atoms with Crippen molar-refractivity contribution in [2.24, 2.45) is 0 Å². The van der Waals surface area contributed by atoms with Crippen molar-refractivity contribution in [3.63, 3.8) is 0 Å². The number of fused-ring (bicyclic) bond motifs is 1. The number of pyridine rings is 1. The van der Waals surface area contributed by atoms with Crippen LogP contribution in [0.2, 0.25) is 0 Å². The molecule has 0 aliphatic carbocycles. The van der Waals surface area contributed by atoms with E-state index in [2.05, 4.69) is 40.2 Å². The molecule has 1 saturated heterocycles. The Morgan fingerprint density at radius 2 is 1.82 bits per heavy atom. The Bertz CT molecular complexity index is 1260. The maximum Gasteiger partial charge on any atom is 0.253 e. The third-order valence-corrected chi connectivity index (χ3v) is 6.40. The molecule has 1 aliphatic heterocycles. The first-order valence-electron chi connectivity index (χ1n) is 11.8. The highest BCUT2D eigenvalue weighted by Gasteiger charge is 2.21. The third-order valence-electron chi connectivity index (χ3n) is 6.40. The van der Waals surface area contributed by atoms with Crippen LogP contribution in [0, 0.1) is 0 Å². The molecule has 6 heteroatoms. The van der Waals surface area contributed by atoms with Crippen molar-refractivity contribution in [3.8, 4) is 11.6 Å². The fourth-order valence-corrected chi connectivity index (χ4v) is 4.54. The van der Waals surface area contributed by atoms with Crippen molar-refractivity contribution in [2.45, 2.75) is 25.5 Å². The van der Waals surface area contributed by atoms with Gasteiger partial charge in [-0.05, 0) is 54.8 Å². The maximum absolute atomic E-state index is 12.3. The van der Waals surface area contributed by atoms with Gasteiger partial charge in [-0.3, -0.25) is 9.69 Å². The largest absolute Gasteiger partial charge is 0.489 e. The molecule has 3 heterocycles. The summed E-state index contributed by atoms with van der Waals surface area (Å²) in [7, 11) is 3.53. The molecule has 0 spiro atoms. The van der Waals surface area contributed by atoms with Crippen molar-refractivity contribution >= 4 is 16.8 Å². The van der Waals surface area contributed by atoms with E-state index in [1.165, 1.54) is 5.56 Å². The monoisotopic (exact) mass is 454 g/mol. The molecular weight excluding hydrogens is 424 g/mol. The number of aromatic nitrogens is 2. The van der Waals surface area contributed by atoms with Crippen LogP contribution >= 0.6 is 0 Å². The van der Waals surface area contributed by atoms with Crippen molar-refractivity contribution in [2.75, 3.05) is 27.2 Å². The van der Waals surface area contributed by atoms with Gasteiger partial charge in [-0.1, -0.05) is 30.3 Å². The van der Waals surface area contributed by atoms with E-state index in [-0.39, 0.29) is 12.0 Å². The van der Waals surface area contributed by atoms with Crippen LogP contribution in [0.25, 0.3) is 16.7 Å². The number of benzene rings is 2. The van der Waals surface area contributed by atoms with Gasteiger partial charge in [0, 0.05) is 50.9 Å². The molecule has 0 saturated carbocycles. The molecule has 2 aromatic carbocycles. The second-order valence-corrected chi connectivity index (χ2v) is 9.09.